The molecule has 2 N–H and O–H groups in total. The lowest BCUT2D eigenvalue weighted by atomic mass is 10.2. The van der Waals surface area contributed by atoms with Gasteiger partial charge < -0.3 is 19.2 Å². The van der Waals surface area contributed by atoms with Crippen LogP contribution in [0.1, 0.15) is 48.2 Å². The number of aromatic nitrogens is 2. The molecule has 31 heavy (non-hydrogen) atoms. The van der Waals surface area contributed by atoms with Crippen LogP contribution in [0, 0.1) is 0 Å². The number of nitrogens with zero attached hydrogens (tertiary/aromatic N) is 2. The first-order chi connectivity index (χ1) is 15.0. The first kappa shape index (κ1) is 21.7. The van der Waals surface area contributed by atoms with Gasteiger partial charge in [-0.15, -0.1) is 11.3 Å². The number of aromatic amines is 1. The van der Waals surface area contributed by atoms with Crippen LogP contribution in [0.5, 0.6) is 0 Å². The molecule has 0 fully saturated rings. The average Bonchev–Trinajstić information content (AvgIpc) is 3.44. The van der Waals surface area contributed by atoms with E-state index in [-0.39, 0.29) is 24.7 Å². The standard InChI is InChI=1S/C22H27N3O5S/c1-2-5-19(27)30-13-14(26)10-25(11-15-6-4-9-29-15)12-18-23-21(28)20-16-7-3-8-17(16)31-22(20)24-18/h4,6,9,14,26H,2-3,5,7-8,10-13H2,1H3,(H,23,24,28). The van der Waals surface area contributed by atoms with Gasteiger partial charge in [0.1, 0.15) is 29.1 Å². The molecular formula is C22H27N3O5S. The molecule has 1 aliphatic rings. The second-order valence-electron chi connectivity index (χ2n) is 7.89. The van der Waals surface area contributed by atoms with E-state index in [9.17, 15) is 14.7 Å². The summed E-state index contributed by atoms with van der Waals surface area (Å²) < 4.78 is 10.6. The van der Waals surface area contributed by atoms with Crippen molar-refractivity contribution in [3.63, 3.8) is 0 Å². The van der Waals surface area contributed by atoms with E-state index in [1.165, 1.54) is 4.88 Å². The Bertz CT molecular complexity index is 1090. The highest BCUT2D eigenvalue weighted by atomic mass is 32.1. The van der Waals surface area contributed by atoms with Gasteiger partial charge in [0.25, 0.3) is 5.56 Å². The smallest absolute Gasteiger partial charge is 0.305 e. The average molecular weight is 446 g/mol. The summed E-state index contributed by atoms with van der Waals surface area (Å²) in [5, 5.41) is 11.1. The molecular weight excluding hydrogens is 418 g/mol. The number of aliphatic hydroxyl groups is 1. The third-order valence-corrected chi connectivity index (χ3v) is 6.50. The summed E-state index contributed by atoms with van der Waals surface area (Å²) in [6.45, 7) is 2.82. The van der Waals surface area contributed by atoms with Crippen molar-refractivity contribution in [1.29, 1.82) is 0 Å². The van der Waals surface area contributed by atoms with Gasteiger partial charge in [-0.2, -0.15) is 0 Å². The summed E-state index contributed by atoms with van der Waals surface area (Å²) in [4.78, 5) is 35.9. The first-order valence-corrected chi connectivity index (χ1v) is 11.5. The van der Waals surface area contributed by atoms with Gasteiger partial charge in [0.05, 0.1) is 24.7 Å². The predicted octanol–water partition coefficient (Wildman–Crippen LogP) is 2.77. The zero-order valence-electron chi connectivity index (χ0n) is 17.6. The minimum absolute atomic E-state index is 0.0753. The van der Waals surface area contributed by atoms with Crippen molar-refractivity contribution in [3.05, 3.63) is 50.8 Å². The summed E-state index contributed by atoms with van der Waals surface area (Å²) in [7, 11) is 0. The zero-order valence-corrected chi connectivity index (χ0v) is 18.4. The number of fused-ring (bicyclic) bond motifs is 3. The van der Waals surface area contributed by atoms with Crippen molar-refractivity contribution in [2.75, 3.05) is 13.2 Å². The van der Waals surface area contributed by atoms with E-state index < -0.39 is 6.10 Å². The van der Waals surface area contributed by atoms with Crippen LogP contribution < -0.4 is 5.56 Å². The lowest BCUT2D eigenvalue weighted by Crippen LogP contribution is -2.35. The van der Waals surface area contributed by atoms with Crippen molar-refractivity contribution in [2.45, 2.75) is 58.2 Å². The molecule has 8 nitrogen and oxygen atoms in total. The largest absolute Gasteiger partial charge is 0.468 e. The van der Waals surface area contributed by atoms with Crippen LogP contribution >= 0.6 is 11.3 Å². The highest BCUT2D eigenvalue weighted by molar-refractivity contribution is 7.18. The number of ether oxygens (including phenoxy) is 1. The Morgan fingerprint density at radius 2 is 2.29 bits per heavy atom. The molecule has 0 radical (unpaired) electrons. The topological polar surface area (TPSA) is 109 Å². The van der Waals surface area contributed by atoms with Gasteiger partial charge in [0.2, 0.25) is 0 Å². The van der Waals surface area contributed by atoms with Crippen LogP contribution in [0.3, 0.4) is 0 Å². The van der Waals surface area contributed by atoms with Crippen LogP contribution in [0.15, 0.2) is 27.6 Å². The van der Waals surface area contributed by atoms with Crippen molar-refractivity contribution in [1.82, 2.24) is 14.9 Å². The summed E-state index contributed by atoms with van der Waals surface area (Å²) in [6, 6.07) is 3.65. The number of aryl methyl sites for hydroxylation is 2. The maximum Gasteiger partial charge on any atom is 0.305 e. The van der Waals surface area contributed by atoms with E-state index in [0.717, 1.165) is 40.8 Å². The minimum Gasteiger partial charge on any atom is -0.468 e. The fourth-order valence-electron chi connectivity index (χ4n) is 3.96. The third-order valence-electron chi connectivity index (χ3n) is 5.32. The normalized spacial score (nSPS) is 14.3. The molecule has 0 aromatic carbocycles. The number of furan rings is 1. The fourth-order valence-corrected chi connectivity index (χ4v) is 5.24. The maximum absolute atomic E-state index is 12.7. The number of thiophene rings is 1. The minimum atomic E-state index is -0.864. The second kappa shape index (κ2) is 9.76. The van der Waals surface area contributed by atoms with E-state index in [2.05, 4.69) is 4.98 Å². The fraction of sp³-hybridized carbons (Fsp3) is 0.500. The molecule has 3 aromatic heterocycles. The number of nitrogens with one attached hydrogen (secondary N) is 1. The first-order valence-electron chi connectivity index (χ1n) is 10.6. The Hall–Kier alpha value is -2.49. The quantitative estimate of drug-likeness (QED) is 0.462. The van der Waals surface area contributed by atoms with Crippen molar-refractivity contribution < 1.29 is 19.1 Å². The Morgan fingerprint density at radius 3 is 3.06 bits per heavy atom. The summed E-state index contributed by atoms with van der Waals surface area (Å²) in [5.74, 6) is 0.953. The summed E-state index contributed by atoms with van der Waals surface area (Å²) >= 11 is 1.60. The number of H-pyrrole nitrogens is 1. The Kier molecular flexibility index (Phi) is 6.84. The van der Waals surface area contributed by atoms with Gasteiger partial charge in [0.15, 0.2) is 0 Å². The molecule has 0 saturated carbocycles. The lowest BCUT2D eigenvalue weighted by Gasteiger charge is -2.23. The molecule has 166 valence electrons. The van der Waals surface area contributed by atoms with Crippen LogP contribution in [0.2, 0.25) is 0 Å². The molecule has 3 heterocycles. The zero-order chi connectivity index (χ0) is 21.8. The van der Waals surface area contributed by atoms with E-state index in [1.807, 2.05) is 17.9 Å². The summed E-state index contributed by atoms with van der Waals surface area (Å²) in [5.41, 5.74) is 1.04. The predicted molar refractivity (Wildman–Crippen MR) is 117 cm³/mol. The van der Waals surface area contributed by atoms with Gasteiger partial charge in [-0.05, 0) is 43.4 Å². The van der Waals surface area contributed by atoms with E-state index >= 15 is 0 Å². The van der Waals surface area contributed by atoms with Crippen LogP contribution in [0.25, 0.3) is 10.2 Å². The van der Waals surface area contributed by atoms with Crippen LogP contribution in [-0.4, -0.2) is 45.2 Å². The highest BCUT2D eigenvalue weighted by Gasteiger charge is 2.22. The lowest BCUT2D eigenvalue weighted by molar-refractivity contribution is -0.147. The number of esters is 1. The number of rotatable bonds is 10. The van der Waals surface area contributed by atoms with Crippen molar-refractivity contribution in [2.24, 2.45) is 0 Å². The molecule has 1 aliphatic carbocycles. The van der Waals surface area contributed by atoms with E-state index in [0.29, 0.717) is 31.8 Å². The molecule has 0 aliphatic heterocycles. The van der Waals surface area contributed by atoms with Gasteiger partial charge in [-0.25, -0.2) is 4.98 Å². The monoisotopic (exact) mass is 445 g/mol. The van der Waals surface area contributed by atoms with Crippen molar-refractivity contribution in [3.8, 4) is 0 Å². The summed E-state index contributed by atoms with van der Waals surface area (Å²) in [6.07, 6.45) is 4.81. The number of hydrogen-bond donors (Lipinski definition) is 2. The molecule has 0 amide bonds. The Morgan fingerprint density at radius 1 is 1.42 bits per heavy atom. The Balaban J connectivity index is 1.49. The van der Waals surface area contributed by atoms with E-state index in [4.69, 9.17) is 14.1 Å². The van der Waals surface area contributed by atoms with Gasteiger partial charge in [-0.1, -0.05) is 6.92 Å². The van der Waals surface area contributed by atoms with Crippen LogP contribution in [-0.2, 0) is 35.5 Å². The second-order valence-corrected chi connectivity index (χ2v) is 8.97. The SMILES string of the molecule is CCCC(=O)OCC(O)CN(Cc1nc2sc3c(c2c(=O)[nH]1)CCC3)Cc1ccco1. The number of hydrogen-bond acceptors (Lipinski definition) is 8. The molecule has 0 saturated heterocycles. The van der Waals surface area contributed by atoms with E-state index in [1.54, 1.807) is 23.7 Å². The van der Waals surface area contributed by atoms with Gasteiger partial charge in [-0.3, -0.25) is 14.5 Å². The number of carbonyl (C=O) groups is 1. The molecule has 1 unspecified atom stereocenters. The highest BCUT2D eigenvalue weighted by Crippen LogP contribution is 2.34. The third kappa shape index (κ3) is 5.23. The maximum atomic E-state index is 12.7. The van der Waals surface area contributed by atoms with Crippen molar-refractivity contribution >= 4 is 27.5 Å². The molecule has 0 spiro atoms. The molecule has 4 rings (SSSR count). The van der Waals surface area contributed by atoms with Crippen LogP contribution in [0.4, 0.5) is 0 Å². The Labute approximate surface area is 183 Å². The number of aliphatic hydroxyl groups excluding tert-OH is 1. The molecule has 3 aromatic rings. The van der Waals surface area contributed by atoms with Gasteiger partial charge >= 0.3 is 5.97 Å². The molecule has 1 atom stereocenters. The number of carbonyl (C=O) groups excluding carboxylic acids is 1. The van der Waals surface area contributed by atoms with Gasteiger partial charge in [0, 0.05) is 17.8 Å². The molecule has 9 heteroatoms. The molecule has 0 bridgehead atoms.